The van der Waals surface area contributed by atoms with Crippen molar-refractivity contribution in [3.05, 3.63) is 27.1 Å². The van der Waals surface area contributed by atoms with Gasteiger partial charge in [0, 0.05) is 29.1 Å². The summed E-state index contributed by atoms with van der Waals surface area (Å²) in [6.45, 7) is 0.304. The number of halogens is 1. The van der Waals surface area contributed by atoms with Crippen molar-refractivity contribution in [3.8, 4) is 0 Å². The molecule has 0 saturated heterocycles. The molecule has 2 amide bonds. The van der Waals surface area contributed by atoms with Crippen LogP contribution in [0.25, 0.3) is 0 Å². The summed E-state index contributed by atoms with van der Waals surface area (Å²) in [6, 6.07) is 1.56. The number of amides is 2. The van der Waals surface area contributed by atoms with E-state index >= 15 is 0 Å². The van der Waals surface area contributed by atoms with Crippen LogP contribution in [0.3, 0.4) is 0 Å². The molecule has 5 rings (SSSR count). The summed E-state index contributed by atoms with van der Waals surface area (Å²) in [5.41, 5.74) is -0.330. The van der Waals surface area contributed by atoms with Crippen LogP contribution < -0.4 is 16.2 Å². The zero-order valence-electron chi connectivity index (χ0n) is 14.6. The van der Waals surface area contributed by atoms with Crippen LogP contribution in [0.4, 0.5) is 5.69 Å². The summed E-state index contributed by atoms with van der Waals surface area (Å²) < 4.78 is 0.683. The molecule has 7 heteroatoms. The molecule has 4 fully saturated rings. The fraction of sp³-hybridized carbons (Fsp3) is 0.632. The Morgan fingerprint density at radius 1 is 1.15 bits per heavy atom. The summed E-state index contributed by atoms with van der Waals surface area (Å²) in [6.07, 6.45) is 8.63. The Hall–Kier alpha value is -1.63. The van der Waals surface area contributed by atoms with Gasteiger partial charge >= 0.3 is 0 Å². The molecule has 4 saturated carbocycles. The van der Waals surface area contributed by atoms with E-state index in [1.807, 2.05) is 0 Å². The first-order chi connectivity index (χ1) is 12.4. The number of rotatable bonds is 5. The van der Waals surface area contributed by atoms with Crippen LogP contribution in [-0.2, 0) is 9.59 Å². The number of nitrogens with one attached hydrogen (secondary N) is 3. The minimum Gasteiger partial charge on any atom is -0.355 e. The van der Waals surface area contributed by atoms with E-state index in [-0.39, 0.29) is 34.9 Å². The van der Waals surface area contributed by atoms with Gasteiger partial charge in [0.2, 0.25) is 11.8 Å². The van der Waals surface area contributed by atoms with Crippen molar-refractivity contribution in [2.45, 2.75) is 44.9 Å². The first-order valence-electron chi connectivity index (χ1n) is 9.40. The van der Waals surface area contributed by atoms with Crippen LogP contribution in [0.15, 0.2) is 21.5 Å². The molecule has 140 valence electrons. The lowest BCUT2D eigenvalue weighted by molar-refractivity contribution is -0.146. The Morgan fingerprint density at radius 2 is 1.77 bits per heavy atom. The highest BCUT2D eigenvalue weighted by Gasteiger charge is 2.54. The molecule has 0 radical (unpaired) electrons. The molecule has 3 N–H and O–H groups in total. The maximum atomic E-state index is 12.8. The lowest BCUT2D eigenvalue weighted by Gasteiger charge is -2.55. The van der Waals surface area contributed by atoms with Crippen molar-refractivity contribution in [2.24, 2.45) is 23.2 Å². The number of anilines is 1. The van der Waals surface area contributed by atoms with Gasteiger partial charge in [-0.1, -0.05) is 0 Å². The Balaban J connectivity index is 1.29. The second-order valence-electron chi connectivity index (χ2n) is 8.31. The molecule has 6 nitrogen and oxygen atoms in total. The molecule has 4 aliphatic carbocycles. The SMILES string of the molecule is O=C(CCNC(=O)C12CC3CC(CC(C3)C1)C2)Nc1cc(Br)c[nH]c1=O. The predicted octanol–water partition coefficient (Wildman–Crippen LogP) is 2.80. The number of aromatic nitrogens is 1. The number of hydrogen-bond acceptors (Lipinski definition) is 3. The molecule has 1 aromatic rings. The fourth-order valence-electron chi connectivity index (χ4n) is 5.63. The van der Waals surface area contributed by atoms with Gasteiger partial charge in [0.1, 0.15) is 5.69 Å². The van der Waals surface area contributed by atoms with Crippen LogP contribution in [0.5, 0.6) is 0 Å². The topological polar surface area (TPSA) is 91.1 Å². The molecule has 0 aliphatic heterocycles. The van der Waals surface area contributed by atoms with E-state index in [4.69, 9.17) is 0 Å². The van der Waals surface area contributed by atoms with E-state index in [1.165, 1.54) is 25.5 Å². The quantitative estimate of drug-likeness (QED) is 0.682. The second kappa shape index (κ2) is 6.83. The maximum Gasteiger partial charge on any atom is 0.271 e. The van der Waals surface area contributed by atoms with Crippen LogP contribution in [-0.4, -0.2) is 23.3 Å². The van der Waals surface area contributed by atoms with Crippen molar-refractivity contribution < 1.29 is 9.59 Å². The van der Waals surface area contributed by atoms with Crippen LogP contribution >= 0.6 is 15.9 Å². The molecule has 1 aromatic heterocycles. The van der Waals surface area contributed by atoms with E-state index in [9.17, 15) is 14.4 Å². The molecule has 0 aromatic carbocycles. The number of carbonyl (C=O) groups is 2. The van der Waals surface area contributed by atoms with Gasteiger partial charge in [0.15, 0.2) is 0 Å². The molecule has 0 atom stereocenters. The van der Waals surface area contributed by atoms with E-state index < -0.39 is 0 Å². The highest BCUT2D eigenvalue weighted by molar-refractivity contribution is 9.10. The van der Waals surface area contributed by atoms with E-state index in [0.717, 1.165) is 37.0 Å². The molecule has 4 bridgehead atoms. The molecular weight excluding hydrogens is 398 g/mol. The van der Waals surface area contributed by atoms with E-state index in [2.05, 4.69) is 31.5 Å². The van der Waals surface area contributed by atoms with Crippen molar-refractivity contribution in [1.29, 1.82) is 0 Å². The minimum atomic E-state index is -0.348. The van der Waals surface area contributed by atoms with Gasteiger partial charge in [-0.3, -0.25) is 14.4 Å². The summed E-state index contributed by atoms with van der Waals surface area (Å²) >= 11 is 3.26. The average molecular weight is 422 g/mol. The average Bonchev–Trinajstić information content (AvgIpc) is 2.57. The predicted molar refractivity (Wildman–Crippen MR) is 102 cm³/mol. The molecule has 4 aliphatic rings. The number of H-pyrrole nitrogens is 1. The highest BCUT2D eigenvalue weighted by atomic mass is 79.9. The third-order valence-electron chi connectivity index (χ3n) is 6.30. The smallest absolute Gasteiger partial charge is 0.271 e. The third-order valence-corrected chi connectivity index (χ3v) is 6.76. The standard InChI is InChI=1S/C19H24BrN3O3/c20-14-6-15(17(25)22-10-14)23-16(24)1-2-21-18(26)19-7-11-3-12(8-19)5-13(4-11)9-19/h6,10-13H,1-5,7-9H2,(H,21,26)(H,22,25)(H,23,24). The minimum absolute atomic E-state index is 0.129. The van der Waals surface area contributed by atoms with Gasteiger partial charge in [-0.05, 0) is 78.3 Å². The monoisotopic (exact) mass is 421 g/mol. The summed E-state index contributed by atoms with van der Waals surface area (Å²) in [5, 5.41) is 5.58. The molecule has 1 heterocycles. The summed E-state index contributed by atoms with van der Waals surface area (Å²) in [7, 11) is 0. The Bertz CT molecular complexity index is 753. The molecule has 0 spiro atoms. The Kier molecular flexibility index (Phi) is 4.67. The number of aromatic amines is 1. The van der Waals surface area contributed by atoms with Crippen LogP contribution in [0.2, 0.25) is 0 Å². The van der Waals surface area contributed by atoms with Crippen molar-refractivity contribution in [2.75, 3.05) is 11.9 Å². The van der Waals surface area contributed by atoms with Crippen LogP contribution in [0.1, 0.15) is 44.9 Å². The Labute approximate surface area is 160 Å². The van der Waals surface area contributed by atoms with Gasteiger partial charge in [0.25, 0.3) is 5.56 Å². The highest BCUT2D eigenvalue weighted by Crippen LogP contribution is 2.60. The van der Waals surface area contributed by atoms with E-state index in [0.29, 0.717) is 11.0 Å². The van der Waals surface area contributed by atoms with Gasteiger partial charge in [-0.2, -0.15) is 0 Å². The number of pyridine rings is 1. The lowest BCUT2D eigenvalue weighted by atomic mass is 9.49. The van der Waals surface area contributed by atoms with Crippen molar-refractivity contribution >= 4 is 33.4 Å². The van der Waals surface area contributed by atoms with Gasteiger partial charge in [-0.15, -0.1) is 0 Å². The zero-order chi connectivity index (χ0) is 18.3. The van der Waals surface area contributed by atoms with Gasteiger partial charge in [0.05, 0.1) is 0 Å². The second-order valence-corrected chi connectivity index (χ2v) is 9.23. The lowest BCUT2D eigenvalue weighted by Crippen LogP contribution is -2.53. The van der Waals surface area contributed by atoms with Crippen molar-refractivity contribution in [3.63, 3.8) is 0 Å². The number of hydrogen-bond donors (Lipinski definition) is 3. The summed E-state index contributed by atoms with van der Waals surface area (Å²) in [4.78, 5) is 39.1. The van der Waals surface area contributed by atoms with Gasteiger partial charge in [-0.25, -0.2) is 0 Å². The van der Waals surface area contributed by atoms with Crippen LogP contribution in [0, 0.1) is 23.2 Å². The maximum absolute atomic E-state index is 12.8. The zero-order valence-corrected chi connectivity index (χ0v) is 16.2. The largest absolute Gasteiger partial charge is 0.355 e. The van der Waals surface area contributed by atoms with Crippen molar-refractivity contribution in [1.82, 2.24) is 10.3 Å². The first-order valence-corrected chi connectivity index (χ1v) is 10.2. The molecular formula is C19H24BrN3O3. The molecule has 0 unspecified atom stereocenters. The third kappa shape index (κ3) is 3.46. The first kappa shape index (κ1) is 17.8. The molecule has 26 heavy (non-hydrogen) atoms. The van der Waals surface area contributed by atoms with E-state index in [1.54, 1.807) is 6.07 Å². The number of carbonyl (C=O) groups excluding carboxylic acids is 2. The Morgan fingerprint density at radius 3 is 2.38 bits per heavy atom. The van der Waals surface area contributed by atoms with Gasteiger partial charge < -0.3 is 15.6 Å². The fourth-order valence-corrected chi connectivity index (χ4v) is 5.97. The summed E-state index contributed by atoms with van der Waals surface area (Å²) in [5.74, 6) is 2.01. The normalized spacial score (nSPS) is 31.7.